The fraction of sp³-hybridized carbons (Fsp3) is 0.810. The summed E-state index contributed by atoms with van der Waals surface area (Å²) < 4.78 is 26.4. The van der Waals surface area contributed by atoms with Crippen molar-refractivity contribution in [3.05, 3.63) is 34.9 Å². The van der Waals surface area contributed by atoms with Crippen molar-refractivity contribution >= 4 is 11.7 Å². The van der Waals surface area contributed by atoms with Crippen LogP contribution in [0.1, 0.15) is 138 Å². The predicted molar refractivity (Wildman–Crippen MR) is 192 cm³/mol. The summed E-state index contributed by atoms with van der Waals surface area (Å²) in [5.74, 6) is -1.26. The lowest BCUT2D eigenvalue weighted by atomic mass is 9.57. The second-order valence-corrected chi connectivity index (χ2v) is 18.0. The Hall–Kier alpha value is -1.84. The molecule has 4 unspecified atom stereocenters. The molecule has 6 heterocycles. The quantitative estimate of drug-likeness (QED) is 0.229. The lowest BCUT2D eigenvalue weighted by Gasteiger charge is -2.49. The Bertz CT molecular complexity index is 1450. The average Bonchev–Trinajstić information content (AvgIpc) is 3.64. The van der Waals surface area contributed by atoms with E-state index in [4.69, 9.17) is 18.9 Å². The molecule has 278 valence electrons. The molecule has 0 aromatic heterocycles. The molecular formula is C42H64NO7+. The summed E-state index contributed by atoms with van der Waals surface area (Å²) in [5, 5.41) is 23.6. The second kappa shape index (κ2) is 13.5. The first-order valence-electron chi connectivity index (χ1n) is 20.0. The van der Waals surface area contributed by atoms with E-state index in [1.165, 1.54) is 22.4 Å². The van der Waals surface area contributed by atoms with Crippen LogP contribution in [0.4, 0.5) is 0 Å². The van der Waals surface area contributed by atoms with E-state index in [0.717, 1.165) is 76.3 Å². The Morgan fingerprint density at radius 3 is 2.54 bits per heavy atom. The van der Waals surface area contributed by atoms with Crippen LogP contribution < -0.4 is 4.99 Å². The van der Waals surface area contributed by atoms with Gasteiger partial charge < -0.3 is 29.2 Å². The number of aliphatic hydroxyl groups excluding tert-OH is 1. The van der Waals surface area contributed by atoms with E-state index in [0.29, 0.717) is 38.0 Å². The van der Waals surface area contributed by atoms with E-state index < -0.39 is 23.3 Å². The predicted octanol–water partition coefficient (Wildman–Crippen LogP) is 5.99. The third-order valence-electron chi connectivity index (χ3n) is 14.1. The molecule has 3 N–H and O–H groups in total. The first-order valence-corrected chi connectivity index (χ1v) is 20.0. The van der Waals surface area contributed by atoms with Gasteiger partial charge in [-0.05, 0) is 95.1 Å². The van der Waals surface area contributed by atoms with Gasteiger partial charge in [0.05, 0.1) is 29.6 Å². The molecule has 8 nitrogen and oxygen atoms in total. The first-order chi connectivity index (χ1) is 23.6. The number of aliphatic hydroxyl groups is 2. The van der Waals surface area contributed by atoms with Crippen molar-refractivity contribution in [2.24, 2.45) is 29.1 Å². The standard InChI is InChI=1S/C42H63NO7/c1-25-9-8-10-37-40(23-26(2)13-18-43-37)15-12-32(36-21-28(4)38(45)47-36)30(6)33(40)20-27(3)34(44)22-35-29(5)24-41(49-35)16-17-42(50-41)39(7,46)14-11-31(19-25)48-42/h20,26,28-29,31,33-36,44,46H,1,8-19,21-24H2,2-7H3/p+1/b27-20+/t26?,28?,29-,31+,33+,34+,35-,36?,39-,40+,41?,42-/m1/s1. The summed E-state index contributed by atoms with van der Waals surface area (Å²) in [4.78, 5) is 16.5. The molecule has 50 heavy (non-hydrogen) atoms. The van der Waals surface area contributed by atoms with Crippen molar-refractivity contribution in [1.29, 1.82) is 0 Å². The minimum Gasteiger partial charge on any atom is -0.458 e. The zero-order valence-electron chi connectivity index (χ0n) is 31.7. The molecule has 4 bridgehead atoms. The third-order valence-corrected chi connectivity index (χ3v) is 14.1. The molecule has 8 heteroatoms. The highest BCUT2D eigenvalue weighted by Gasteiger charge is 2.64. The molecule has 7 rings (SSSR count). The highest BCUT2D eigenvalue weighted by molar-refractivity contribution is 5.87. The molecular weight excluding hydrogens is 630 g/mol. The number of rotatable bonds is 1. The minimum atomic E-state index is -1.11. The molecule has 7 aliphatic rings. The lowest BCUT2D eigenvalue weighted by Crippen LogP contribution is -2.76. The van der Waals surface area contributed by atoms with Gasteiger partial charge in [-0.15, -0.1) is 0 Å². The molecule has 4 fully saturated rings. The topological polar surface area (TPSA) is 108 Å². The largest absolute Gasteiger partial charge is 0.458 e. The van der Waals surface area contributed by atoms with E-state index in [9.17, 15) is 15.0 Å². The van der Waals surface area contributed by atoms with Crippen LogP contribution in [0, 0.1) is 29.1 Å². The number of ether oxygens (including phenoxy) is 4. The van der Waals surface area contributed by atoms with Gasteiger partial charge in [0.15, 0.2) is 11.5 Å². The van der Waals surface area contributed by atoms with E-state index in [-0.39, 0.29) is 47.4 Å². The zero-order chi connectivity index (χ0) is 35.6. The monoisotopic (exact) mass is 694 g/mol. The van der Waals surface area contributed by atoms with Crippen LogP contribution in [0.15, 0.2) is 34.9 Å². The van der Waals surface area contributed by atoms with Crippen LogP contribution in [-0.4, -0.2) is 70.0 Å². The lowest BCUT2D eigenvalue weighted by molar-refractivity contribution is -0.462. The van der Waals surface area contributed by atoms with Gasteiger partial charge in [-0.1, -0.05) is 44.6 Å². The van der Waals surface area contributed by atoms with Gasteiger partial charge in [0.2, 0.25) is 5.79 Å². The van der Waals surface area contributed by atoms with Gasteiger partial charge in [-0.3, -0.25) is 4.79 Å². The van der Waals surface area contributed by atoms with Crippen molar-refractivity contribution in [2.75, 3.05) is 6.54 Å². The molecule has 4 saturated heterocycles. The summed E-state index contributed by atoms with van der Waals surface area (Å²) in [6.45, 7) is 18.3. The minimum absolute atomic E-state index is 0.0551. The summed E-state index contributed by atoms with van der Waals surface area (Å²) in [7, 11) is 0. The maximum atomic E-state index is 12.6. The maximum absolute atomic E-state index is 12.6. The highest BCUT2D eigenvalue weighted by Crippen LogP contribution is 2.57. The van der Waals surface area contributed by atoms with Gasteiger partial charge in [-0.25, -0.2) is 4.99 Å². The van der Waals surface area contributed by atoms with Crippen molar-refractivity contribution in [3.63, 3.8) is 0 Å². The zero-order valence-corrected chi connectivity index (χ0v) is 31.7. The molecule has 0 aromatic rings. The van der Waals surface area contributed by atoms with Crippen LogP contribution in [0.5, 0.6) is 0 Å². The van der Waals surface area contributed by atoms with Crippen LogP contribution in [-0.2, 0) is 23.7 Å². The summed E-state index contributed by atoms with van der Waals surface area (Å²) in [5.41, 5.74) is 4.98. The first kappa shape index (κ1) is 36.5. The third kappa shape index (κ3) is 6.52. The van der Waals surface area contributed by atoms with E-state index >= 15 is 0 Å². The smallest absolute Gasteiger partial charge is 0.309 e. The summed E-state index contributed by atoms with van der Waals surface area (Å²) in [6.07, 6.45) is 13.7. The van der Waals surface area contributed by atoms with E-state index in [2.05, 4.69) is 45.3 Å². The number of cyclic esters (lactones) is 1. The number of hydrogen-bond acceptors (Lipinski definition) is 7. The molecule has 0 radical (unpaired) electrons. The Morgan fingerprint density at radius 2 is 1.78 bits per heavy atom. The number of nitrogens with one attached hydrogen (secondary N) is 1. The number of carbonyl (C=O) groups excluding carboxylic acids is 1. The molecule has 0 saturated carbocycles. The maximum Gasteiger partial charge on any atom is 0.309 e. The van der Waals surface area contributed by atoms with Gasteiger partial charge in [0.25, 0.3) is 0 Å². The van der Waals surface area contributed by atoms with E-state index in [1.807, 2.05) is 13.8 Å². The summed E-state index contributed by atoms with van der Waals surface area (Å²) in [6, 6.07) is 0. The fourth-order valence-electron chi connectivity index (χ4n) is 11.1. The van der Waals surface area contributed by atoms with Crippen molar-refractivity contribution in [1.82, 2.24) is 0 Å². The van der Waals surface area contributed by atoms with Crippen LogP contribution in [0.25, 0.3) is 0 Å². The Kier molecular flexibility index (Phi) is 9.89. The van der Waals surface area contributed by atoms with Gasteiger partial charge in [0, 0.05) is 50.9 Å². The van der Waals surface area contributed by atoms with Gasteiger partial charge in [0.1, 0.15) is 18.2 Å². The number of allylic oxidation sites excluding steroid dienone is 2. The van der Waals surface area contributed by atoms with Crippen molar-refractivity contribution in [2.45, 2.75) is 179 Å². The normalized spacial score (nSPS) is 48.6. The van der Waals surface area contributed by atoms with Gasteiger partial charge in [-0.2, -0.15) is 0 Å². The average molecular weight is 695 g/mol. The molecule has 6 aliphatic heterocycles. The number of esters is 1. The SMILES string of the molecule is C=C1CCCC2=[NH+]CCC(C)C[C@]23CCC(C2CC(C)C(=O)O2)=C(C)[C@@H]3/C=C(\C)[C@@H](O)C[C@H]2OC3(CC[C@@]4(O[C@@H](CC[C@@]4(C)O)C1)O3)C[C@H]2C. The Morgan fingerprint density at radius 1 is 0.980 bits per heavy atom. The Labute approximate surface area is 300 Å². The molecule has 0 aromatic carbocycles. The fourth-order valence-corrected chi connectivity index (χ4v) is 11.1. The molecule has 12 atom stereocenters. The molecule has 3 spiro atoms. The molecule has 1 aliphatic carbocycles. The van der Waals surface area contributed by atoms with Gasteiger partial charge >= 0.3 is 5.97 Å². The van der Waals surface area contributed by atoms with Crippen LogP contribution in [0.3, 0.4) is 0 Å². The Balaban J connectivity index is 1.26. The number of fused-ring (bicyclic) bond motifs is 2. The second-order valence-electron chi connectivity index (χ2n) is 18.0. The summed E-state index contributed by atoms with van der Waals surface area (Å²) >= 11 is 0. The van der Waals surface area contributed by atoms with E-state index in [1.54, 1.807) is 0 Å². The number of carbonyl (C=O) groups is 1. The molecule has 0 amide bonds. The van der Waals surface area contributed by atoms with Crippen LogP contribution in [0.2, 0.25) is 0 Å². The van der Waals surface area contributed by atoms with Crippen molar-refractivity contribution in [3.8, 4) is 0 Å². The number of hydrogen-bond donors (Lipinski definition) is 3. The highest BCUT2D eigenvalue weighted by atomic mass is 16.8. The van der Waals surface area contributed by atoms with Crippen molar-refractivity contribution < 1.29 is 38.9 Å². The van der Waals surface area contributed by atoms with Crippen LogP contribution >= 0.6 is 0 Å².